The highest BCUT2D eigenvalue weighted by Crippen LogP contribution is 2.15. The van der Waals surface area contributed by atoms with Gasteiger partial charge in [-0.25, -0.2) is 13.6 Å². The van der Waals surface area contributed by atoms with E-state index in [-0.39, 0.29) is 5.56 Å². The number of halogens is 2. The quantitative estimate of drug-likeness (QED) is 0.740. The Balaban J connectivity index is 2.93. The summed E-state index contributed by atoms with van der Waals surface area (Å²) in [6.45, 7) is 0. The molecular formula is C7H5F2NO2. The molecule has 3 nitrogen and oxygen atoms in total. The molecule has 0 aliphatic carbocycles. The number of hydrogen-bond acceptors (Lipinski definition) is 2. The molecule has 0 atom stereocenters. The first-order valence-electron chi connectivity index (χ1n) is 3.08. The van der Waals surface area contributed by atoms with Crippen LogP contribution in [0.4, 0.5) is 8.78 Å². The van der Waals surface area contributed by atoms with Gasteiger partial charge in [0.05, 0.1) is 5.56 Å². The molecule has 0 aliphatic heterocycles. The molecular weight excluding hydrogens is 168 g/mol. The maximum Gasteiger partial charge on any atom is 0.337 e. The van der Waals surface area contributed by atoms with E-state index in [1.54, 1.807) is 0 Å². The predicted molar refractivity (Wildman–Crippen MR) is 36.2 cm³/mol. The summed E-state index contributed by atoms with van der Waals surface area (Å²) in [6.07, 6.45) is -1.75. The summed E-state index contributed by atoms with van der Waals surface area (Å²) in [6, 6.07) is 2.09. The number of carboxylic acid groups (broad SMARTS) is 1. The van der Waals surface area contributed by atoms with Crippen LogP contribution in [0.15, 0.2) is 18.3 Å². The third kappa shape index (κ3) is 1.75. The SMILES string of the molecule is O=C(O)c1ccc(C(F)F)nc1. The molecule has 12 heavy (non-hydrogen) atoms. The van der Waals surface area contributed by atoms with Crippen molar-refractivity contribution in [3.05, 3.63) is 29.6 Å². The minimum absolute atomic E-state index is 0.0978. The first-order chi connectivity index (χ1) is 5.61. The number of rotatable bonds is 2. The number of aromatic carboxylic acids is 1. The van der Waals surface area contributed by atoms with E-state index in [1.807, 2.05) is 0 Å². The Labute approximate surface area is 66.7 Å². The van der Waals surface area contributed by atoms with Crippen LogP contribution in [0.1, 0.15) is 22.5 Å². The lowest BCUT2D eigenvalue weighted by Gasteiger charge is -1.97. The molecule has 1 aromatic heterocycles. The highest BCUT2D eigenvalue weighted by atomic mass is 19.3. The number of nitrogens with zero attached hydrogens (tertiary/aromatic N) is 1. The molecule has 0 aliphatic rings. The van der Waals surface area contributed by atoms with Gasteiger partial charge in [0, 0.05) is 6.20 Å². The Hall–Kier alpha value is -1.52. The van der Waals surface area contributed by atoms with Gasteiger partial charge in [-0.1, -0.05) is 0 Å². The van der Waals surface area contributed by atoms with Crippen LogP contribution in [0.3, 0.4) is 0 Å². The van der Waals surface area contributed by atoms with Gasteiger partial charge < -0.3 is 5.11 Å². The number of hydrogen-bond donors (Lipinski definition) is 1. The normalized spacial score (nSPS) is 10.2. The number of alkyl halides is 2. The number of carboxylic acids is 1. The van der Waals surface area contributed by atoms with Crippen molar-refractivity contribution < 1.29 is 18.7 Å². The van der Waals surface area contributed by atoms with E-state index in [0.717, 1.165) is 18.3 Å². The second-order valence-corrected chi connectivity index (χ2v) is 2.08. The molecule has 0 bridgehead atoms. The predicted octanol–water partition coefficient (Wildman–Crippen LogP) is 1.72. The summed E-state index contributed by atoms with van der Waals surface area (Å²) < 4.78 is 23.8. The smallest absolute Gasteiger partial charge is 0.337 e. The standard InChI is InChI=1S/C7H5F2NO2/c8-6(9)5-2-1-4(3-10-5)7(11)12/h1-3,6H,(H,11,12). The largest absolute Gasteiger partial charge is 0.478 e. The highest BCUT2D eigenvalue weighted by Gasteiger charge is 2.09. The molecule has 0 unspecified atom stereocenters. The first-order valence-corrected chi connectivity index (χ1v) is 3.08. The summed E-state index contributed by atoms with van der Waals surface area (Å²) in [5.41, 5.74) is -0.514. The fraction of sp³-hybridized carbons (Fsp3) is 0.143. The second kappa shape index (κ2) is 3.25. The van der Waals surface area contributed by atoms with Gasteiger partial charge in [0.2, 0.25) is 0 Å². The van der Waals surface area contributed by atoms with Crippen LogP contribution in [-0.4, -0.2) is 16.1 Å². The van der Waals surface area contributed by atoms with Gasteiger partial charge in [-0.3, -0.25) is 4.98 Å². The first kappa shape index (κ1) is 8.58. The maximum atomic E-state index is 11.9. The minimum Gasteiger partial charge on any atom is -0.478 e. The molecule has 0 amide bonds. The van der Waals surface area contributed by atoms with Crippen molar-refractivity contribution >= 4 is 5.97 Å². The van der Waals surface area contributed by atoms with E-state index in [0.29, 0.717) is 0 Å². The summed E-state index contributed by atoms with van der Waals surface area (Å²) in [7, 11) is 0. The van der Waals surface area contributed by atoms with Crippen molar-refractivity contribution in [2.75, 3.05) is 0 Å². The second-order valence-electron chi connectivity index (χ2n) is 2.08. The monoisotopic (exact) mass is 173 g/mol. The third-order valence-electron chi connectivity index (χ3n) is 1.26. The van der Waals surface area contributed by atoms with Gasteiger partial charge in [0.25, 0.3) is 6.43 Å². The van der Waals surface area contributed by atoms with Crippen molar-refractivity contribution in [1.29, 1.82) is 0 Å². The van der Waals surface area contributed by atoms with E-state index >= 15 is 0 Å². The highest BCUT2D eigenvalue weighted by molar-refractivity contribution is 5.87. The lowest BCUT2D eigenvalue weighted by atomic mass is 10.2. The van der Waals surface area contributed by atoms with Gasteiger partial charge in [-0.2, -0.15) is 0 Å². The molecule has 0 spiro atoms. The topological polar surface area (TPSA) is 50.2 Å². The van der Waals surface area contributed by atoms with Gasteiger partial charge in [0.15, 0.2) is 0 Å². The van der Waals surface area contributed by atoms with Crippen LogP contribution in [-0.2, 0) is 0 Å². The molecule has 0 radical (unpaired) electrons. The average Bonchev–Trinajstić information content (AvgIpc) is 2.04. The molecule has 5 heteroatoms. The Bertz CT molecular complexity index is 284. The lowest BCUT2D eigenvalue weighted by Crippen LogP contribution is -1.98. The zero-order valence-electron chi connectivity index (χ0n) is 5.87. The van der Waals surface area contributed by atoms with Crippen molar-refractivity contribution in [3.8, 4) is 0 Å². The molecule has 1 aromatic rings. The van der Waals surface area contributed by atoms with Crippen LogP contribution < -0.4 is 0 Å². The Morgan fingerprint density at radius 3 is 2.50 bits per heavy atom. The molecule has 0 aromatic carbocycles. The van der Waals surface area contributed by atoms with Crippen molar-refractivity contribution in [3.63, 3.8) is 0 Å². The van der Waals surface area contributed by atoms with E-state index < -0.39 is 18.1 Å². The van der Waals surface area contributed by atoms with Crippen LogP contribution >= 0.6 is 0 Å². The van der Waals surface area contributed by atoms with Crippen molar-refractivity contribution in [2.45, 2.75) is 6.43 Å². The molecule has 1 N–H and O–H groups in total. The van der Waals surface area contributed by atoms with E-state index in [1.165, 1.54) is 0 Å². The molecule has 0 saturated heterocycles. The Morgan fingerprint density at radius 2 is 2.17 bits per heavy atom. The van der Waals surface area contributed by atoms with E-state index in [4.69, 9.17) is 5.11 Å². The third-order valence-corrected chi connectivity index (χ3v) is 1.26. The number of pyridine rings is 1. The number of aromatic nitrogens is 1. The van der Waals surface area contributed by atoms with Crippen molar-refractivity contribution in [2.24, 2.45) is 0 Å². The Kier molecular flexibility index (Phi) is 2.32. The molecule has 64 valence electrons. The summed E-state index contributed by atoms with van der Waals surface area (Å²) in [5.74, 6) is -1.18. The van der Waals surface area contributed by atoms with Crippen molar-refractivity contribution in [1.82, 2.24) is 4.98 Å². The van der Waals surface area contributed by atoms with Crippen LogP contribution in [0.25, 0.3) is 0 Å². The summed E-state index contributed by atoms with van der Waals surface area (Å²) in [4.78, 5) is 13.5. The molecule has 0 fully saturated rings. The zero-order valence-corrected chi connectivity index (χ0v) is 5.87. The van der Waals surface area contributed by atoms with Gasteiger partial charge in [-0.15, -0.1) is 0 Å². The van der Waals surface area contributed by atoms with Crippen LogP contribution in [0.5, 0.6) is 0 Å². The summed E-state index contributed by atoms with van der Waals surface area (Å²) in [5, 5.41) is 8.39. The average molecular weight is 173 g/mol. The Morgan fingerprint density at radius 1 is 1.50 bits per heavy atom. The van der Waals surface area contributed by atoms with Gasteiger partial charge >= 0.3 is 5.97 Å². The zero-order chi connectivity index (χ0) is 9.14. The maximum absolute atomic E-state index is 11.9. The van der Waals surface area contributed by atoms with Gasteiger partial charge in [0.1, 0.15) is 5.69 Å². The summed E-state index contributed by atoms with van der Waals surface area (Å²) >= 11 is 0. The molecule has 0 saturated carbocycles. The minimum atomic E-state index is -2.66. The number of carbonyl (C=O) groups is 1. The van der Waals surface area contributed by atoms with Crippen LogP contribution in [0, 0.1) is 0 Å². The van der Waals surface area contributed by atoms with Gasteiger partial charge in [-0.05, 0) is 12.1 Å². The fourth-order valence-corrected chi connectivity index (χ4v) is 0.661. The lowest BCUT2D eigenvalue weighted by molar-refractivity contribution is 0.0695. The fourth-order valence-electron chi connectivity index (χ4n) is 0.661. The molecule has 1 rings (SSSR count). The molecule has 1 heterocycles. The van der Waals surface area contributed by atoms with Crippen LogP contribution in [0.2, 0.25) is 0 Å². The van der Waals surface area contributed by atoms with E-state index in [2.05, 4.69) is 4.98 Å². The van der Waals surface area contributed by atoms with E-state index in [9.17, 15) is 13.6 Å².